The fraction of sp³-hybridized carbons (Fsp3) is 0.581. The summed E-state index contributed by atoms with van der Waals surface area (Å²) in [6.45, 7) is 14.5. The van der Waals surface area contributed by atoms with Crippen LogP contribution in [0.1, 0.15) is 85.5 Å². The van der Waals surface area contributed by atoms with E-state index in [0.717, 1.165) is 81.3 Å². The lowest BCUT2D eigenvalue weighted by atomic mass is 9.85. The van der Waals surface area contributed by atoms with Crippen LogP contribution in [0.2, 0.25) is 5.02 Å². The van der Waals surface area contributed by atoms with Crippen LogP contribution in [0, 0.1) is 5.41 Å². The summed E-state index contributed by atoms with van der Waals surface area (Å²) in [4.78, 5) is 39.2. The lowest BCUT2D eigenvalue weighted by molar-refractivity contribution is -0.140. The molecular weight excluding hydrogens is 775 g/mol. The van der Waals surface area contributed by atoms with Crippen LogP contribution >= 0.6 is 18.7 Å². The number of piperidine rings is 1. The molecule has 0 radical (unpaired) electrons. The fourth-order valence-corrected chi connectivity index (χ4v) is 9.03. The number of nitrogens with zero attached hydrogens (tertiary/aromatic N) is 4. The maximum absolute atomic E-state index is 13.3. The number of β-amino-alcohol motifs (C(OH)–C–C–N with tert-alkyl or cyclic N) is 1. The molecule has 2 saturated heterocycles. The van der Waals surface area contributed by atoms with E-state index in [4.69, 9.17) is 16.3 Å². The molecule has 2 amide bonds. The van der Waals surface area contributed by atoms with Gasteiger partial charge >= 0.3 is 0 Å². The number of ether oxygens (including phenoxy) is 1. The van der Waals surface area contributed by atoms with Crippen molar-refractivity contribution in [1.82, 2.24) is 25.5 Å². The molecule has 2 aromatic carbocycles. The second kappa shape index (κ2) is 20.4. The first-order chi connectivity index (χ1) is 27.5. The van der Waals surface area contributed by atoms with Crippen LogP contribution in [0.3, 0.4) is 0 Å². The van der Waals surface area contributed by atoms with E-state index in [-0.39, 0.29) is 17.9 Å². The molecule has 5 N–H and O–H groups in total. The predicted molar refractivity (Wildman–Crippen MR) is 236 cm³/mol. The zero-order valence-corrected chi connectivity index (χ0v) is 37.0. The first kappa shape index (κ1) is 45.2. The molecule has 3 heterocycles. The highest BCUT2D eigenvalue weighted by Gasteiger charge is 2.40. The highest BCUT2D eigenvalue weighted by Crippen LogP contribution is 2.39. The van der Waals surface area contributed by atoms with E-state index in [1.165, 1.54) is 6.20 Å². The first-order valence-electron chi connectivity index (χ1n) is 20.7. The van der Waals surface area contributed by atoms with Gasteiger partial charge in [0.1, 0.15) is 24.0 Å². The van der Waals surface area contributed by atoms with Gasteiger partial charge in [0.05, 0.1) is 30.8 Å². The van der Waals surface area contributed by atoms with Crippen LogP contribution in [0.15, 0.2) is 48.7 Å². The molecule has 13 nitrogen and oxygen atoms in total. The molecule has 2 aliphatic heterocycles. The standard InChI is InChI=1S/C43H64ClN8O5P/c1-29-25-32(53)28-52(29)41(55)39(43(2,3)4)49-38(54)17-11-9-8-10-14-22-45-30-20-23-51(24-21-30)31-18-19-34(36(26-31)57-5)48-42-46-27-33(44)40(50-42)47-35-15-12-13-16-37(35)58(6,7)56/h12-13,15-16,18-19,26-27,29-30,32,39,45,53H,8-11,14,17,20-25,28H2,1-7H3,(H,49,54)(H2,46,47,48,50)/t29-,32-,39-/m1/s1. The summed E-state index contributed by atoms with van der Waals surface area (Å²) >= 11 is 6.46. The van der Waals surface area contributed by atoms with Crippen LogP contribution in [-0.2, 0) is 14.2 Å². The summed E-state index contributed by atoms with van der Waals surface area (Å²) in [6, 6.07) is 13.4. The number of likely N-dealkylation sites (tertiary alicyclic amines) is 1. The van der Waals surface area contributed by atoms with Gasteiger partial charge < -0.3 is 45.5 Å². The van der Waals surface area contributed by atoms with Crippen molar-refractivity contribution in [1.29, 1.82) is 0 Å². The third kappa shape index (κ3) is 12.6. The monoisotopic (exact) mass is 838 g/mol. The molecule has 318 valence electrons. The molecule has 58 heavy (non-hydrogen) atoms. The Morgan fingerprint density at radius 1 is 1.02 bits per heavy atom. The lowest BCUT2D eigenvalue weighted by Crippen LogP contribution is -2.55. The van der Waals surface area contributed by atoms with Crippen molar-refractivity contribution in [3.8, 4) is 5.75 Å². The second-order valence-corrected chi connectivity index (χ2v) is 20.8. The van der Waals surface area contributed by atoms with Gasteiger partial charge in [-0.1, -0.05) is 63.8 Å². The van der Waals surface area contributed by atoms with E-state index in [9.17, 15) is 19.3 Å². The van der Waals surface area contributed by atoms with Crippen LogP contribution in [-0.4, -0.2) is 103 Å². The number of aliphatic hydroxyl groups excluding tert-OH is 1. The van der Waals surface area contributed by atoms with Crippen molar-refractivity contribution < 1.29 is 24.0 Å². The highest BCUT2D eigenvalue weighted by molar-refractivity contribution is 7.70. The summed E-state index contributed by atoms with van der Waals surface area (Å²) in [6.07, 6.45) is 9.18. The van der Waals surface area contributed by atoms with Crippen LogP contribution in [0.4, 0.5) is 28.8 Å². The number of methoxy groups -OCH3 is 1. The largest absolute Gasteiger partial charge is 0.494 e. The van der Waals surface area contributed by atoms with Crippen molar-refractivity contribution in [3.05, 3.63) is 53.7 Å². The minimum absolute atomic E-state index is 0.0292. The van der Waals surface area contributed by atoms with Gasteiger partial charge in [-0.25, -0.2) is 4.98 Å². The molecule has 5 rings (SSSR count). The average Bonchev–Trinajstić information content (AvgIpc) is 3.52. The number of hydrogen-bond acceptors (Lipinski definition) is 11. The summed E-state index contributed by atoms with van der Waals surface area (Å²) in [5, 5.41) is 24.4. The van der Waals surface area contributed by atoms with Crippen molar-refractivity contribution in [2.75, 3.05) is 62.2 Å². The minimum Gasteiger partial charge on any atom is -0.494 e. The summed E-state index contributed by atoms with van der Waals surface area (Å²) in [7, 11) is -0.894. The smallest absolute Gasteiger partial charge is 0.246 e. The van der Waals surface area contributed by atoms with Crippen molar-refractivity contribution in [3.63, 3.8) is 0 Å². The summed E-state index contributed by atoms with van der Waals surface area (Å²) < 4.78 is 18.7. The molecule has 0 aliphatic carbocycles. The molecule has 3 atom stereocenters. The molecular formula is C43H64ClN8O5P. The number of rotatable bonds is 18. The number of carbonyl (C=O) groups is 2. The average molecular weight is 839 g/mol. The zero-order chi connectivity index (χ0) is 42.0. The number of amides is 2. The Morgan fingerprint density at radius 3 is 2.40 bits per heavy atom. The molecule has 1 aromatic heterocycles. The number of halogens is 1. The van der Waals surface area contributed by atoms with Crippen LogP contribution in [0.25, 0.3) is 0 Å². The van der Waals surface area contributed by atoms with Gasteiger partial charge in [0, 0.05) is 55.2 Å². The number of aromatic nitrogens is 2. The highest BCUT2D eigenvalue weighted by atomic mass is 35.5. The number of benzene rings is 2. The Balaban J connectivity index is 1.00. The van der Waals surface area contributed by atoms with Gasteiger partial charge in [0.15, 0.2) is 5.82 Å². The topological polar surface area (TPSA) is 161 Å². The number of hydrogen-bond donors (Lipinski definition) is 5. The number of anilines is 5. The molecule has 2 aliphatic rings. The maximum Gasteiger partial charge on any atom is 0.246 e. The van der Waals surface area contributed by atoms with E-state index in [1.54, 1.807) is 25.3 Å². The Kier molecular flexibility index (Phi) is 15.9. The van der Waals surface area contributed by atoms with E-state index >= 15 is 0 Å². The zero-order valence-electron chi connectivity index (χ0n) is 35.3. The maximum atomic E-state index is 13.3. The molecule has 3 aromatic rings. The van der Waals surface area contributed by atoms with Gasteiger partial charge in [-0.05, 0) is 88.6 Å². The second-order valence-electron chi connectivity index (χ2n) is 17.2. The lowest BCUT2D eigenvalue weighted by Gasteiger charge is -2.35. The quantitative estimate of drug-likeness (QED) is 0.0647. The summed E-state index contributed by atoms with van der Waals surface area (Å²) in [5.74, 6) is 1.23. The Morgan fingerprint density at radius 2 is 1.72 bits per heavy atom. The summed E-state index contributed by atoms with van der Waals surface area (Å²) in [5.41, 5.74) is 2.08. The van der Waals surface area contributed by atoms with Gasteiger partial charge in [0.2, 0.25) is 17.8 Å². The molecule has 15 heteroatoms. The van der Waals surface area contributed by atoms with E-state index in [2.05, 4.69) is 42.2 Å². The van der Waals surface area contributed by atoms with Gasteiger partial charge in [-0.15, -0.1) is 0 Å². The van der Waals surface area contributed by atoms with Crippen LogP contribution < -0.4 is 36.2 Å². The van der Waals surface area contributed by atoms with Gasteiger partial charge in [-0.3, -0.25) is 9.59 Å². The number of carbonyl (C=O) groups excluding carboxylic acids is 2. The normalized spacial score (nSPS) is 18.2. The van der Waals surface area contributed by atoms with Crippen molar-refractivity contribution in [2.24, 2.45) is 5.41 Å². The molecule has 2 fully saturated rings. The van der Waals surface area contributed by atoms with Gasteiger partial charge in [-0.2, -0.15) is 4.98 Å². The molecule has 0 saturated carbocycles. The van der Waals surface area contributed by atoms with E-state index < -0.39 is 24.7 Å². The van der Waals surface area contributed by atoms with Crippen molar-refractivity contribution >= 4 is 64.7 Å². The Labute approximate surface area is 349 Å². The Hall–Kier alpha value is -3.90. The number of para-hydroxylation sites is 1. The van der Waals surface area contributed by atoms with E-state index in [1.807, 2.05) is 64.1 Å². The van der Waals surface area contributed by atoms with Crippen LogP contribution in [0.5, 0.6) is 5.75 Å². The number of aliphatic hydroxyl groups is 1. The SMILES string of the molecule is COc1cc(N2CCC(NCCCCCCCC(=O)N[C@H](C(=O)N3C[C@H](O)C[C@H]3C)C(C)(C)C)CC2)ccc1Nc1ncc(Cl)c(Nc2ccccc2P(C)(C)=O)n1. The molecule has 0 spiro atoms. The van der Waals surface area contributed by atoms with Gasteiger partial charge in [0.25, 0.3) is 0 Å². The predicted octanol–water partition coefficient (Wildman–Crippen LogP) is 7.29. The third-order valence-corrected chi connectivity index (χ3v) is 12.9. The minimum atomic E-state index is -2.54. The van der Waals surface area contributed by atoms with E-state index in [0.29, 0.717) is 53.7 Å². The number of unbranched alkanes of at least 4 members (excludes halogenated alkanes) is 4. The molecule has 0 bridgehead atoms. The first-order valence-corrected chi connectivity index (χ1v) is 23.7. The third-order valence-electron chi connectivity index (χ3n) is 11.0. The van der Waals surface area contributed by atoms with Crippen molar-refractivity contribution in [2.45, 2.75) is 110 Å². The number of nitrogens with one attached hydrogen (secondary N) is 4. The molecule has 0 unspecified atom stereocenters. The fourth-order valence-electron chi connectivity index (χ4n) is 7.74. The Bertz CT molecular complexity index is 1900.